The molecule has 0 fully saturated rings. The topological polar surface area (TPSA) is 63.4 Å². The van der Waals surface area contributed by atoms with E-state index in [4.69, 9.17) is 5.73 Å². The van der Waals surface area contributed by atoms with Crippen LogP contribution in [-0.2, 0) is 10.0 Å². The van der Waals surface area contributed by atoms with Crippen LogP contribution in [-0.4, -0.2) is 15.5 Å². The Morgan fingerprint density at radius 1 is 1.10 bits per heavy atom. The van der Waals surface area contributed by atoms with Crippen LogP contribution < -0.4 is 10.0 Å². The third-order valence-corrected chi connectivity index (χ3v) is 4.58. The first-order valence-electron chi connectivity index (χ1n) is 5.62. The zero-order valence-corrected chi connectivity index (χ0v) is 11.4. The molecular weight excluding hydrogens is 286 g/mol. The fourth-order valence-electron chi connectivity index (χ4n) is 1.64. The fraction of sp³-hybridized carbons (Fsp3) is 0.0769. The molecule has 2 rings (SSSR count). The lowest BCUT2D eigenvalue weighted by atomic mass is 10.3. The maximum Gasteiger partial charge on any atom is 0.264 e. The number of sulfonamides is 1. The SMILES string of the molecule is CN(c1cccc(F)c1)S(=O)(=O)c1ccc(N)c(F)c1. The van der Waals surface area contributed by atoms with Crippen molar-refractivity contribution in [3.05, 3.63) is 54.1 Å². The standard InChI is InChI=1S/C13H12F2N2O2S/c1-17(10-4-2-3-9(14)7-10)20(18,19)11-5-6-13(16)12(15)8-11/h2-8H,16H2,1H3. The number of nitrogens with two attached hydrogens (primary N) is 1. The van der Waals surface area contributed by atoms with Crippen LogP contribution in [0.4, 0.5) is 20.2 Å². The highest BCUT2D eigenvalue weighted by Crippen LogP contribution is 2.24. The molecule has 0 amide bonds. The van der Waals surface area contributed by atoms with Crippen LogP contribution >= 0.6 is 0 Å². The van der Waals surface area contributed by atoms with E-state index in [1.165, 1.54) is 37.4 Å². The maximum absolute atomic E-state index is 13.4. The molecule has 20 heavy (non-hydrogen) atoms. The Morgan fingerprint density at radius 3 is 2.40 bits per heavy atom. The molecule has 0 radical (unpaired) electrons. The van der Waals surface area contributed by atoms with Gasteiger partial charge < -0.3 is 5.73 Å². The highest BCUT2D eigenvalue weighted by molar-refractivity contribution is 7.92. The van der Waals surface area contributed by atoms with Crippen LogP contribution in [0.15, 0.2) is 47.4 Å². The summed E-state index contributed by atoms with van der Waals surface area (Å²) >= 11 is 0. The average Bonchev–Trinajstić information content (AvgIpc) is 2.40. The van der Waals surface area contributed by atoms with Crippen molar-refractivity contribution in [2.75, 3.05) is 17.1 Å². The second-order valence-corrected chi connectivity index (χ2v) is 6.10. The van der Waals surface area contributed by atoms with Crippen molar-refractivity contribution in [1.29, 1.82) is 0 Å². The summed E-state index contributed by atoms with van der Waals surface area (Å²) in [5, 5.41) is 0. The highest BCUT2D eigenvalue weighted by Gasteiger charge is 2.22. The number of rotatable bonds is 3. The number of anilines is 2. The molecule has 2 N–H and O–H groups in total. The van der Waals surface area contributed by atoms with Gasteiger partial charge in [-0.2, -0.15) is 0 Å². The first-order valence-corrected chi connectivity index (χ1v) is 7.06. The third-order valence-electron chi connectivity index (χ3n) is 2.80. The number of hydrogen-bond donors (Lipinski definition) is 1. The molecule has 0 aromatic heterocycles. The second kappa shape index (κ2) is 5.09. The second-order valence-electron chi connectivity index (χ2n) is 4.14. The van der Waals surface area contributed by atoms with Gasteiger partial charge in [0.2, 0.25) is 0 Å². The van der Waals surface area contributed by atoms with Crippen LogP contribution in [0.1, 0.15) is 0 Å². The van der Waals surface area contributed by atoms with Gasteiger partial charge in [0.1, 0.15) is 11.6 Å². The molecule has 0 atom stereocenters. The van der Waals surface area contributed by atoms with Gasteiger partial charge in [-0.25, -0.2) is 17.2 Å². The van der Waals surface area contributed by atoms with Crippen molar-refractivity contribution in [2.24, 2.45) is 0 Å². The minimum absolute atomic E-state index is 0.141. The lowest BCUT2D eigenvalue weighted by Gasteiger charge is -2.19. The number of nitrogen functional groups attached to an aromatic ring is 1. The molecular formula is C13H12F2N2O2S. The number of halogens is 2. The van der Waals surface area contributed by atoms with Gasteiger partial charge >= 0.3 is 0 Å². The van der Waals surface area contributed by atoms with E-state index in [2.05, 4.69) is 0 Å². The molecule has 0 unspecified atom stereocenters. The largest absolute Gasteiger partial charge is 0.396 e. The summed E-state index contributed by atoms with van der Waals surface area (Å²) in [6.45, 7) is 0. The van der Waals surface area contributed by atoms with Crippen LogP contribution in [0.5, 0.6) is 0 Å². The molecule has 0 spiro atoms. The molecule has 0 saturated carbocycles. The molecule has 4 nitrogen and oxygen atoms in total. The predicted molar refractivity (Wildman–Crippen MR) is 72.8 cm³/mol. The first-order chi connectivity index (χ1) is 9.32. The quantitative estimate of drug-likeness (QED) is 0.885. The Morgan fingerprint density at radius 2 is 1.80 bits per heavy atom. The van der Waals surface area contributed by atoms with E-state index in [1.54, 1.807) is 0 Å². The van der Waals surface area contributed by atoms with Crippen molar-refractivity contribution < 1.29 is 17.2 Å². The van der Waals surface area contributed by atoms with Crippen molar-refractivity contribution >= 4 is 21.4 Å². The highest BCUT2D eigenvalue weighted by atomic mass is 32.2. The molecule has 0 aliphatic carbocycles. The van der Waals surface area contributed by atoms with E-state index in [0.29, 0.717) is 0 Å². The Labute approximate surface area is 115 Å². The van der Waals surface area contributed by atoms with Crippen molar-refractivity contribution in [2.45, 2.75) is 4.90 Å². The smallest absolute Gasteiger partial charge is 0.264 e. The minimum Gasteiger partial charge on any atom is -0.396 e. The summed E-state index contributed by atoms with van der Waals surface area (Å²) in [7, 11) is -2.71. The summed E-state index contributed by atoms with van der Waals surface area (Å²) in [6.07, 6.45) is 0. The van der Waals surface area contributed by atoms with Crippen molar-refractivity contribution in [3.8, 4) is 0 Å². The molecule has 0 bridgehead atoms. The molecule has 2 aromatic rings. The summed E-state index contributed by atoms with van der Waals surface area (Å²) in [4.78, 5) is -0.254. The van der Waals surface area contributed by atoms with Crippen LogP contribution in [0.25, 0.3) is 0 Å². The monoisotopic (exact) mass is 298 g/mol. The Kier molecular flexibility index (Phi) is 3.63. The lowest BCUT2D eigenvalue weighted by Crippen LogP contribution is -2.26. The molecule has 0 heterocycles. The Bertz CT molecular complexity index is 748. The van der Waals surface area contributed by atoms with Crippen LogP contribution in [0.3, 0.4) is 0 Å². The van der Waals surface area contributed by atoms with Crippen LogP contribution in [0.2, 0.25) is 0 Å². The van der Waals surface area contributed by atoms with E-state index >= 15 is 0 Å². The molecule has 0 aliphatic heterocycles. The summed E-state index contributed by atoms with van der Waals surface area (Å²) in [5.41, 5.74) is 5.31. The minimum atomic E-state index is -3.98. The average molecular weight is 298 g/mol. The van der Waals surface area contributed by atoms with Gasteiger partial charge in [0.15, 0.2) is 0 Å². The maximum atomic E-state index is 13.4. The van der Waals surface area contributed by atoms with Gasteiger partial charge in [-0.3, -0.25) is 4.31 Å². The van der Waals surface area contributed by atoms with E-state index in [9.17, 15) is 17.2 Å². The number of benzene rings is 2. The van der Waals surface area contributed by atoms with E-state index in [-0.39, 0.29) is 16.3 Å². The Balaban J connectivity index is 2.46. The molecule has 0 saturated heterocycles. The van der Waals surface area contributed by atoms with Gasteiger partial charge in [-0.15, -0.1) is 0 Å². The van der Waals surface area contributed by atoms with Gasteiger partial charge in [0.05, 0.1) is 16.3 Å². The molecule has 2 aromatic carbocycles. The normalized spacial score (nSPS) is 11.3. The first kappa shape index (κ1) is 14.3. The van der Waals surface area contributed by atoms with Gasteiger partial charge in [0, 0.05) is 7.05 Å². The number of nitrogens with zero attached hydrogens (tertiary/aromatic N) is 1. The van der Waals surface area contributed by atoms with Crippen molar-refractivity contribution in [1.82, 2.24) is 0 Å². The van der Waals surface area contributed by atoms with Crippen LogP contribution in [0, 0.1) is 11.6 Å². The zero-order chi connectivity index (χ0) is 14.9. The van der Waals surface area contributed by atoms with E-state index in [1.807, 2.05) is 0 Å². The molecule has 7 heteroatoms. The van der Waals surface area contributed by atoms with Crippen molar-refractivity contribution in [3.63, 3.8) is 0 Å². The summed E-state index contributed by atoms with van der Waals surface area (Å²) < 4.78 is 52.0. The molecule has 0 aliphatic rings. The lowest BCUT2D eigenvalue weighted by molar-refractivity contribution is 0.589. The summed E-state index contributed by atoms with van der Waals surface area (Å²) in [5.74, 6) is -1.38. The zero-order valence-electron chi connectivity index (χ0n) is 10.5. The third kappa shape index (κ3) is 2.57. The van der Waals surface area contributed by atoms with E-state index < -0.39 is 21.7 Å². The Hall–Kier alpha value is -2.15. The van der Waals surface area contributed by atoms with E-state index in [0.717, 1.165) is 16.4 Å². The molecule has 106 valence electrons. The van der Waals surface area contributed by atoms with Gasteiger partial charge in [0.25, 0.3) is 10.0 Å². The summed E-state index contributed by atoms with van der Waals surface area (Å²) in [6, 6.07) is 8.30. The van der Waals surface area contributed by atoms with Gasteiger partial charge in [-0.05, 0) is 36.4 Å². The predicted octanol–water partition coefficient (Wildman–Crippen LogP) is 2.37. The number of hydrogen-bond acceptors (Lipinski definition) is 3. The van der Waals surface area contributed by atoms with Gasteiger partial charge in [-0.1, -0.05) is 6.07 Å². The fourth-order valence-corrected chi connectivity index (χ4v) is 2.84.